The van der Waals surface area contributed by atoms with E-state index in [-0.39, 0.29) is 5.91 Å². The zero-order chi connectivity index (χ0) is 10.6. The van der Waals surface area contributed by atoms with Crippen LogP contribution in [0.2, 0.25) is 0 Å². The third-order valence-electron chi connectivity index (χ3n) is 1.81. The smallest absolute Gasteiger partial charge is 0.251 e. The van der Waals surface area contributed by atoms with Gasteiger partial charge in [-0.25, -0.2) is 0 Å². The molecule has 0 spiro atoms. The summed E-state index contributed by atoms with van der Waals surface area (Å²) in [7, 11) is 6.35. The van der Waals surface area contributed by atoms with Gasteiger partial charge in [0.15, 0.2) is 11.5 Å². The largest absolute Gasteiger partial charge is 0.493 e. The monoisotopic (exact) mass is 194 g/mol. The Kier molecular flexibility index (Phi) is 3.34. The van der Waals surface area contributed by atoms with Gasteiger partial charge in [-0.3, -0.25) is 4.79 Å². The van der Waals surface area contributed by atoms with Crippen molar-refractivity contribution < 1.29 is 14.3 Å². The fourth-order valence-corrected chi connectivity index (χ4v) is 1.08. The quantitative estimate of drug-likeness (QED) is 0.787. The number of ether oxygens (including phenoxy) is 2. The highest BCUT2D eigenvalue weighted by atomic mass is 16.5. The third-order valence-corrected chi connectivity index (χ3v) is 1.81. The second-order valence-electron chi connectivity index (χ2n) is 2.58. The summed E-state index contributed by atoms with van der Waals surface area (Å²) in [4.78, 5) is 11.2. The Morgan fingerprint density at radius 2 is 1.93 bits per heavy atom. The van der Waals surface area contributed by atoms with Gasteiger partial charge in [0, 0.05) is 12.6 Å². The Morgan fingerprint density at radius 1 is 1.29 bits per heavy atom. The van der Waals surface area contributed by atoms with E-state index >= 15 is 0 Å². The molecule has 0 aliphatic rings. The Labute approximate surface area is 82.8 Å². The Morgan fingerprint density at radius 3 is 2.43 bits per heavy atom. The van der Waals surface area contributed by atoms with E-state index in [1.54, 1.807) is 25.3 Å². The number of methoxy groups -OCH3 is 2. The molecule has 14 heavy (non-hydrogen) atoms. The van der Waals surface area contributed by atoms with E-state index in [1.807, 2.05) is 0 Å². The van der Waals surface area contributed by atoms with Crippen LogP contribution in [0.1, 0.15) is 10.4 Å². The minimum absolute atomic E-state index is 0.258. The van der Waals surface area contributed by atoms with Crippen LogP contribution in [-0.2, 0) is 0 Å². The van der Waals surface area contributed by atoms with Gasteiger partial charge >= 0.3 is 0 Å². The molecule has 0 fully saturated rings. The molecule has 1 N–H and O–H groups in total. The summed E-state index contributed by atoms with van der Waals surface area (Å²) >= 11 is 0. The molecule has 1 radical (unpaired) electrons. The maximum Gasteiger partial charge on any atom is 0.251 e. The Bertz CT molecular complexity index is 336. The molecule has 0 bridgehead atoms. The molecular formula is C10H12NO3. The van der Waals surface area contributed by atoms with E-state index in [4.69, 9.17) is 9.47 Å². The van der Waals surface area contributed by atoms with Crippen molar-refractivity contribution in [1.29, 1.82) is 0 Å². The summed E-state index contributed by atoms with van der Waals surface area (Å²) in [6.07, 6.45) is 0. The van der Waals surface area contributed by atoms with Gasteiger partial charge in [-0.15, -0.1) is 0 Å². The first kappa shape index (κ1) is 10.4. The van der Waals surface area contributed by atoms with Crippen molar-refractivity contribution in [1.82, 2.24) is 5.32 Å². The third kappa shape index (κ3) is 1.96. The Hall–Kier alpha value is -1.71. The van der Waals surface area contributed by atoms with Gasteiger partial charge in [0.05, 0.1) is 14.2 Å². The maximum absolute atomic E-state index is 11.2. The molecule has 75 valence electrons. The van der Waals surface area contributed by atoms with E-state index in [0.717, 1.165) is 0 Å². The lowest BCUT2D eigenvalue weighted by molar-refractivity contribution is 0.0968. The van der Waals surface area contributed by atoms with Crippen molar-refractivity contribution in [3.8, 4) is 11.5 Å². The molecular weight excluding hydrogens is 182 g/mol. The van der Waals surface area contributed by atoms with Crippen LogP contribution in [0.25, 0.3) is 0 Å². The van der Waals surface area contributed by atoms with Crippen LogP contribution in [0.15, 0.2) is 18.2 Å². The number of carbonyl (C=O) groups is 1. The summed E-state index contributed by atoms with van der Waals surface area (Å²) in [6, 6.07) is 4.91. The molecule has 1 aromatic rings. The van der Waals surface area contributed by atoms with E-state index < -0.39 is 0 Å². The minimum atomic E-state index is -0.258. The summed E-state index contributed by atoms with van der Waals surface area (Å²) in [5, 5.41) is 2.28. The Balaban J connectivity index is 3.07. The molecule has 4 heteroatoms. The van der Waals surface area contributed by atoms with E-state index in [0.29, 0.717) is 17.1 Å². The molecule has 0 aliphatic carbocycles. The van der Waals surface area contributed by atoms with Crippen molar-refractivity contribution in [2.45, 2.75) is 0 Å². The molecule has 1 rings (SSSR count). The maximum atomic E-state index is 11.2. The first-order chi connectivity index (χ1) is 6.72. The lowest BCUT2D eigenvalue weighted by Crippen LogP contribution is -2.15. The average molecular weight is 194 g/mol. The van der Waals surface area contributed by atoms with Gasteiger partial charge in [0.2, 0.25) is 0 Å². The number of hydrogen-bond donors (Lipinski definition) is 1. The van der Waals surface area contributed by atoms with E-state index in [9.17, 15) is 4.79 Å². The highest BCUT2D eigenvalue weighted by Gasteiger charge is 2.08. The molecule has 0 saturated heterocycles. The van der Waals surface area contributed by atoms with Gasteiger partial charge in [0.25, 0.3) is 5.91 Å². The molecule has 0 atom stereocenters. The van der Waals surface area contributed by atoms with Gasteiger partial charge in [-0.1, -0.05) is 0 Å². The highest BCUT2D eigenvalue weighted by molar-refractivity contribution is 5.94. The lowest BCUT2D eigenvalue weighted by Gasteiger charge is -2.08. The summed E-state index contributed by atoms with van der Waals surface area (Å²) in [6.45, 7) is 0. The summed E-state index contributed by atoms with van der Waals surface area (Å²) in [5.41, 5.74) is 0.484. The van der Waals surface area contributed by atoms with Gasteiger partial charge in [-0.2, -0.15) is 0 Å². The zero-order valence-electron chi connectivity index (χ0n) is 8.16. The van der Waals surface area contributed by atoms with Crippen molar-refractivity contribution in [2.75, 3.05) is 14.2 Å². The standard InChI is InChI=1S/C10H12NO3/c1-11-10(12)7-4-5-8(13-2)9(6-7)14-3/h4-6H,1H2,2-3H3,(H,11,12). The van der Waals surface area contributed by atoms with Crippen molar-refractivity contribution >= 4 is 5.91 Å². The lowest BCUT2D eigenvalue weighted by atomic mass is 10.2. The second-order valence-corrected chi connectivity index (χ2v) is 2.58. The number of hydrogen-bond acceptors (Lipinski definition) is 3. The molecule has 1 aromatic carbocycles. The van der Waals surface area contributed by atoms with Crippen LogP contribution >= 0.6 is 0 Å². The summed E-state index contributed by atoms with van der Waals surface area (Å²) < 4.78 is 10.1. The van der Waals surface area contributed by atoms with Gasteiger partial charge in [0.1, 0.15) is 0 Å². The van der Waals surface area contributed by atoms with Crippen molar-refractivity contribution in [2.24, 2.45) is 0 Å². The molecule has 4 nitrogen and oxygen atoms in total. The molecule has 0 saturated carbocycles. The summed E-state index contributed by atoms with van der Waals surface area (Å²) in [5.74, 6) is 0.854. The minimum Gasteiger partial charge on any atom is -0.493 e. The van der Waals surface area contributed by atoms with Gasteiger partial charge < -0.3 is 14.8 Å². The van der Waals surface area contributed by atoms with Crippen LogP contribution < -0.4 is 14.8 Å². The molecule has 0 unspecified atom stereocenters. The predicted octanol–water partition coefficient (Wildman–Crippen LogP) is 1.23. The molecule has 0 aromatic heterocycles. The number of rotatable bonds is 3. The number of carbonyl (C=O) groups excluding carboxylic acids is 1. The van der Waals surface area contributed by atoms with Gasteiger partial charge in [-0.05, 0) is 18.2 Å². The highest BCUT2D eigenvalue weighted by Crippen LogP contribution is 2.27. The predicted molar refractivity (Wildman–Crippen MR) is 52.4 cm³/mol. The van der Waals surface area contributed by atoms with Crippen LogP contribution in [0.3, 0.4) is 0 Å². The van der Waals surface area contributed by atoms with Crippen LogP contribution in [0, 0.1) is 7.05 Å². The first-order valence-electron chi connectivity index (χ1n) is 4.02. The molecule has 0 heterocycles. The molecule has 1 amide bonds. The number of nitrogens with one attached hydrogen (secondary N) is 1. The van der Waals surface area contributed by atoms with Crippen molar-refractivity contribution in [3.05, 3.63) is 30.8 Å². The van der Waals surface area contributed by atoms with Crippen LogP contribution in [-0.4, -0.2) is 20.1 Å². The zero-order valence-corrected chi connectivity index (χ0v) is 8.16. The van der Waals surface area contributed by atoms with Crippen LogP contribution in [0.5, 0.6) is 11.5 Å². The fourth-order valence-electron chi connectivity index (χ4n) is 1.08. The topological polar surface area (TPSA) is 47.6 Å². The second kappa shape index (κ2) is 4.50. The normalized spacial score (nSPS) is 9.36. The first-order valence-corrected chi connectivity index (χ1v) is 4.02. The number of amides is 1. The van der Waals surface area contributed by atoms with Crippen LogP contribution in [0.4, 0.5) is 0 Å². The van der Waals surface area contributed by atoms with E-state index in [1.165, 1.54) is 7.11 Å². The molecule has 0 aliphatic heterocycles. The SMILES string of the molecule is [CH2]NC(=O)c1ccc(OC)c(OC)c1. The van der Waals surface area contributed by atoms with Crippen molar-refractivity contribution in [3.63, 3.8) is 0 Å². The number of benzene rings is 1. The van der Waals surface area contributed by atoms with E-state index in [2.05, 4.69) is 12.4 Å². The fraction of sp³-hybridized carbons (Fsp3) is 0.200. The average Bonchev–Trinajstić information content (AvgIpc) is 2.26.